The molecule has 0 spiro atoms. The maximum Gasteiger partial charge on any atom is 3.00 e. The van der Waals surface area contributed by atoms with Crippen LogP contribution in [0.5, 0.6) is 0 Å². The standard InChI is InChI=1S/Cd.In.O3P.Se/c;;1-4(2)3;/q+2;+3;-3;-2. The summed E-state index contributed by atoms with van der Waals surface area (Å²) in [7, 11) is -3.37. The molecule has 7 heteroatoms. The summed E-state index contributed by atoms with van der Waals surface area (Å²) in [4.78, 5) is 25.4. The van der Waals surface area contributed by atoms with E-state index in [9.17, 15) is 0 Å². The molecule has 0 saturated heterocycles. The van der Waals surface area contributed by atoms with Crippen LogP contribution in [-0.2, 0) is 27.3 Å². The van der Waals surface area contributed by atoms with Gasteiger partial charge in [0, 0.05) is 0 Å². The molecule has 0 atom stereocenters. The van der Waals surface area contributed by atoms with E-state index in [4.69, 9.17) is 14.7 Å². The van der Waals surface area contributed by atoms with E-state index in [0.717, 1.165) is 0 Å². The maximum atomic E-state index is 8.48. The van der Waals surface area contributed by atoms with E-state index in [-0.39, 0.29) is 70.2 Å². The Morgan fingerprint density at radius 1 is 1.00 bits per heavy atom. The van der Waals surface area contributed by atoms with Gasteiger partial charge in [-0.3, -0.25) is 0 Å². The third-order valence-electron chi connectivity index (χ3n) is 0. The Morgan fingerprint density at radius 2 is 1.00 bits per heavy atom. The molecule has 0 saturated carbocycles. The average molecular weight is 385 g/mol. The molecule has 0 unspecified atom stereocenters. The summed E-state index contributed by atoms with van der Waals surface area (Å²) in [5.41, 5.74) is 0. The normalized spacial score (nSPS) is 5.14. The van der Waals surface area contributed by atoms with E-state index >= 15 is 0 Å². The predicted molar refractivity (Wildman–Crippen MR) is 18.4 cm³/mol. The van der Waals surface area contributed by atoms with Gasteiger partial charge in [0.05, 0.1) is 0 Å². The molecule has 0 aromatic rings. The number of hydrogen-bond donors (Lipinski definition) is 0. The first kappa shape index (κ1) is 22.6. The molecular formula is CdInO3PSe. The number of rotatable bonds is 0. The van der Waals surface area contributed by atoms with Crippen molar-refractivity contribution in [2.45, 2.75) is 0 Å². The van der Waals surface area contributed by atoms with Gasteiger partial charge in [-0.1, -0.05) is 0 Å². The van der Waals surface area contributed by atoms with E-state index in [1.807, 2.05) is 0 Å². The van der Waals surface area contributed by atoms with Crippen LogP contribution in [0.25, 0.3) is 0 Å². The van der Waals surface area contributed by atoms with Crippen molar-refractivity contribution in [3.63, 3.8) is 0 Å². The van der Waals surface area contributed by atoms with Crippen molar-refractivity contribution in [1.29, 1.82) is 0 Å². The first-order valence-electron chi connectivity index (χ1n) is 0.548. The van der Waals surface area contributed by atoms with Crippen molar-refractivity contribution in [2.24, 2.45) is 0 Å². The molecule has 0 bridgehead atoms. The molecule has 7 heavy (non-hydrogen) atoms. The predicted octanol–water partition coefficient (Wildman–Crippen LogP) is -3.47. The Hall–Kier alpha value is 2.62. The summed E-state index contributed by atoms with van der Waals surface area (Å²) in [6.45, 7) is 0. The van der Waals surface area contributed by atoms with Gasteiger partial charge in [0.1, 0.15) is 0 Å². The van der Waals surface area contributed by atoms with Gasteiger partial charge in [-0.25, -0.2) is 0 Å². The summed E-state index contributed by atoms with van der Waals surface area (Å²) < 4.78 is 0. The van der Waals surface area contributed by atoms with Gasteiger partial charge in [-0.05, 0) is 0 Å². The molecule has 0 rings (SSSR count). The van der Waals surface area contributed by atoms with E-state index in [1.54, 1.807) is 0 Å². The molecule has 0 heterocycles. The van der Waals surface area contributed by atoms with Gasteiger partial charge in [0.25, 0.3) is 0 Å². The van der Waals surface area contributed by atoms with Crippen LogP contribution in [0.3, 0.4) is 0 Å². The molecule has 0 aliphatic rings. The van der Waals surface area contributed by atoms with Gasteiger partial charge in [-0.15, -0.1) is 0 Å². The molecule has 0 N–H and O–H groups in total. The summed E-state index contributed by atoms with van der Waals surface area (Å²) in [5, 5.41) is 0. The molecule has 3 nitrogen and oxygen atoms in total. The summed E-state index contributed by atoms with van der Waals surface area (Å²) in [6.07, 6.45) is 0. The zero-order valence-electron chi connectivity index (χ0n) is 3.36. The molecule has 0 aromatic heterocycles. The van der Waals surface area contributed by atoms with Crippen LogP contribution in [-0.4, -0.2) is 42.9 Å². The van der Waals surface area contributed by atoms with Crippen LogP contribution >= 0.6 is 8.60 Å². The molecule has 0 aliphatic carbocycles. The molecule has 0 amide bonds. The zero-order chi connectivity index (χ0) is 3.58. The van der Waals surface area contributed by atoms with Gasteiger partial charge in [0.2, 0.25) is 0 Å². The molecular weight excluding hydrogens is 385 g/mol. The van der Waals surface area contributed by atoms with Crippen molar-refractivity contribution in [3.8, 4) is 0 Å². The van der Waals surface area contributed by atoms with Crippen LogP contribution in [0.4, 0.5) is 0 Å². The number of hydrogen-bond acceptors (Lipinski definition) is 3. The summed E-state index contributed by atoms with van der Waals surface area (Å²) in [5.74, 6) is 0. The van der Waals surface area contributed by atoms with Crippen molar-refractivity contribution >= 4 is 51.5 Å². The Balaban J connectivity index is -0.0000000150. The van der Waals surface area contributed by atoms with Gasteiger partial charge in [-0.2, -0.15) is 0 Å². The van der Waals surface area contributed by atoms with E-state index in [2.05, 4.69) is 0 Å². The minimum atomic E-state index is -3.37. The first-order valence-corrected chi connectivity index (χ1v) is 1.64. The van der Waals surface area contributed by atoms with Gasteiger partial charge >= 0.3 is 53.1 Å². The summed E-state index contributed by atoms with van der Waals surface area (Å²) in [6, 6.07) is 0. The molecule has 0 fully saturated rings. The minimum absolute atomic E-state index is 0. The fourth-order valence-corrected chi connectivity index (χ4v) is 0. The first-order chi connectivity index (χ1) is 1.73. The van der Waals surface area contributed by atoms with E-state index in [1.165, 1.54) is 0 Å². The van der Waals surface area contributed by atoms with Crippen LogP contribution in [0.1, 0.15) is 0 Å². The fourth-order valence-electron chi connectivity index (χ4n) is 0. The zero-order valence-corrected chi connectivity index (χ0v) is 13.3. The quantitative estimate of drug-likeness (QED) is 0.322. The van der Waals surface area contributed by atoms with E-state index < -0.39 is 8.60 Å². The van der Waals surface area contributed by atoms with Crippen LogP contribution in [0.2, 0.25) is 0 Å². The monoisotopic (exact) mass is 388 g/mol. The molecule has 0 radical (unpaired) electrons. The Labute approximate surface area is 92.3 Å². The molecule has 0 aliphatic heterocycles. The van der Waals surface area contributed by atoms with Crippen molar-refractivity contribution < 1.29 is 42.0 Å². The van der Waals surface area contributed by atoms with Crippen molar-refractivity contribution in [1.82, 2.24) is 0 Å². The van der Waals surface area contributed by atoms with Gasteiger partial charge in [0.15, 0.2) is 0 Å². The van der Waals surface area contributed by atoms with Gasteiger partial charge < -0.3 is 40.4 Å². The summed E-state index contributed by atoms with van der Waals surface area (Å²) >= 11 is 0. The van der Waals surface area contributed by atoms with Crippen LogP contribution in [0, 0.1) is 0 Å². The smallest absolute Gasteiger partial charge is 2.00 e. The second-order valence-corrected chi connectivity index (χ2v) is 0.671. The minimum Gasteiger partial charge on any atom is -2.00 e. The Bertz CT molecular complexity index is 19.7. The van der Waals surface area contributed by atoms with Crippen LogP contribution in [0.15, 0.2) is 0 Å². The fraction of sp³-hybridized carbons (Fsp3) is 0. The SMILES string of the molecule is [Cd+2].[In+3].[O-]P([O-])[O-].[Se-2]. The van der Waals surface area contributed by atoms with Crippen molar-refractivity contribution in [2.75, 3.05) is 0 Å². The van der Waals surface area contributed by atoms with Crippen molar-refractivity contribution in [3.05, 3.63) is 0 Å². The Morgan fingerprint density at radius 3 is 1.00 bits per heavy atom. The average Bonchev–Trinajstić information content (AvgIpc) is 0.811. The second-order valence-electron chi connectivity index (χ2n) is 0.224. The topological polar surface area (TPSA) is 69.2 Å². The third-order valence-corrected chi connectivity index (χ3v) is 0. The van der Waals surface area contributed by atoms with Crippen LogP contribution < -0.4 is 14.7 Å². The largest absolute Gasteiger partial charge is 3.00 e. The molecule has 0 aromatic carbocycles. The third kappa shape index (κ3) is 55.0. The second kappa shape index (κ2) is 15.8. The van der Waals surface area contributed by atoms with E-state index in [0.29, 0.717) is 0 Å². The molecule has 34 valence electrons. The Kier molecular flexibility index (Phi) is 51.2. The maximum absolute atomic E-state index is 8.48.